The van der Waals surface area contributed by atoms with Crippen LogP contribution in [0.4, 0.5) is 5.82 Å². The first-order valence-electron chi connectivity index (χ1n) is 7.74. The summed E-state index contributed by atoms with van der Waals surface area (Å²) in [5.74, 6) is 1.09. The molecule has 110 valence electrons. The predicted molar refractivity (Wildman–Crippen MR) is 79.0 cm³/mol. The van der Waals surface area contributed by atoms with Crippen LogP contribution >= 0.6 is 0 Å². The molecule has 2 aliphatic rings. The number of ether oxygens (including phenoxy) is 1. The third-order valence-electron chi connectivity index (χ3n) is 4.42. The second-order valence-electron chi connectivity index (χ2n) is 5.59. The first-order chi connectivity index (χ1) is 9.86. The molecule has 0 amide bonds. The highest BCUT2D eigenvalue weighted by Gasteiger charge is 2.25. The zero-order valence-electron chi connectivity index (χ0n) is 12.3. The lowest BCUT2D eigenvalue weighted by atomic mass is 10.1. The van der Waals surface area contributed by atoms with E-state index in [2.05, 4.69) is 32.8 Å². The summed E-state index contributed by atoms with van der Waals surface area (Å²) >= 11 is 0. The highest BCUT2D eigenvalue weighted by Crippen LogP contribution is 2.19. The Morgan fingerprint density at radius 3 is 2.60 bits per heavy atom. The molecule has 2 fully saturated rings. The SMILES string of the molecule is CCc1cc(N2CCN(C3CCOCC3)CC2)ncn1. The number of aromatic nitrogens is 2. The Balaban J connectivity index is 1.57. The van der Waals surface area contributed by atoms with E-state index in [1.54, 1.807) is 6.33 Å². The number of anilines is 1. The van der Waals surface area contributed by atoms with Crippen molar-refractivity contribution >= 4 is 5.82 Å². The van der Waals surface area contributed by atoms with Crippen molar-refractivity contribution in [2.75, 3.05) is 44.3 Å². The fraction of sp³-hybridized carbons (Fsp3) is 0.733. The first kappa shape index (κ1) is 13.8. The van der Waals surface area contributed by atoms with Crippen molar-refractivity contribution in [3.63, 3.8) is 0 Å². The van der Waals surface area contributed by atoms with Gasteiger partial charge >= 0.3 is 0 Å². The van der Waals surface area contributed by atoms with Gasteiger partial charge in [0.1, 0.15) is 12.1 Å². The average molecular weight is 276 g/mol. The maximum absolute atomic E-state index is 5.45. The predicted octanol–water partition coefficient (Wildman–Crippen LogP) is 1.34. The van der Waals surface area contributed by atoms with Crippen molar-refractivity contribution in [1.29, 1.82) is 0 Å². The Bertz CT molecular complexity index is 426. The van der Waals surface area contributed by atoms with Crippen molar-refractivity contribution in [2.45, 2.75) is 32.2 Å². The summed E-state index contributed by atoms with van der Waals surface area (Å²) in [6, 6.07) is 2.85. The second kappa shape index (κ2) is 6.50. The molecule has 2 aliphatic heterocycles. The van der Waals surface area contributed by atoms with Gasteiger partial charge in [-0.3, -0.25) is 4.90 Å². The van der Waals surface area contributed by atoms with Crippen LogP contribution in [0.2, 0.25) is 0 Å². The number of nitrogens with zero attached hydrogens (tertiary/aromatic N) is 4. The molecule has 0 atom stereocenters. The van der Waals surface area contributed by atoms with Crippen LogP contribution in [0.5, 0.6) is 0 Å². The van der Waals surface area contributed by atoms with Gasteiger partial charge < -0.3 is 9.64 Å². The summed E-state index contributed by atoms with van der Waals surface area (Å²) in [5.41, 5.74) is 1.13. The fourth-order valence-corrected chi connectivity index (χ4v) is 3.12. The summed E-state index contributed by atoms with van der Waals surface area (Å²) in [7, 11) is 0. The molecule has 5 heteroatoms. The first-order valence-corrected chi connectivity index (χ1v) is 7.74. The molecular formula is C15H24N4O. The summed E-state index contributed by atoms with van der Waals surface area (Å²) in [6.45, 7) is 8.39. The summed E-state index contributed by atoms with van der Waals surface area (Å²) in [5, 5.41) is 0. The summed E-state index contributed by atoms with van der Waals surface area (Å²) in [6.07, 6.45) is 5.04. The quantitative estimate of drug-likeness (QED) is 0.833. The van der Waals surface area contributed by atoms with E-state index in [1.807, 2.05) is 0 Å². The molecule has 0 N–H and O–H groups in total. The number of aryl methyl sites for hydroxylation is 1. The Morgan fingerprint density at radius 2 is 1.90 bits per heavy atom. The smallest absolute Gasteiger partial charge is 0.132 e. The van der Waals surface area contributed by atoms with E-state index in [9.17, 15) is 0 Å². The van der Waals surface area contributed by atoms with E-state index in [4.69, 9.17) is 4.74 Å². The van der Waals surface area contributed by atoms with Crippen LogP contribution < -0.4 is 4.90 Å². The highest BCUT2D eigenvalue weighted by atomic mass is 16.5. The molecule has 20 heavy (non-hydrogen) atoms. The van der Waals surface area contributed by atoms with E-state index in [1.165, 1.54) is 12.8 Å². The van der Waals surface area contributed by atoms with Crippen LogP contribution in [0.25, 0.3) is 0 Å². The van der Waals surface area contributed by atoms with Crippen LogP contribution in [-0.4, -0.2) is 60.3 Å². The fourth-order valence-electron chi connectivity index (χ4n) is 3.12. The Labute approximate surface area is 121 Å². The molecule has 0 aromatic carbocycles. The van der Waals surface area contributed by atoms with Crippen LogP contribution in [0.1, 0.15) is 25.5 Å². The van der Waals surface area contributed by atoms with E-state index in [0.717, 1.165) is 63.4 Å². The molecule has 3 heterocycles. The minimum absolute atomic E-state index is 0.725. The zero-order chi connectivity index (χ0) is 13.8. The van der Waals surface area contributed by atoms with Crippen LogP contribution in [0.3, 0.4) is 0 Å². The van der Waals surface area contributed by atoms with Gasteiger partial charge in [0.05, 0.1) is 0 Å². The van der Waals surface area contributed by atoms with Gasteiger partial charge in [0.2, 0.25) is 0 Å². The maximum atomic E-state index is 5.45. The molecule has 0 radical (unpaired) electrons. The van der Waals surface area contributed by atoms with Gasteiger partial charge in [-0.05, 0) is 19.3 Å². The Kier molecular flexibility index (Phi) is 4.47. The van der Waals surface area contributed by atoms with E-state index < -0.39 is 0 Å². The lowest BCUT2D eigenvalue weighted by molar-refractivity contribution is 0.0321. The molecular weight excluding hydrogens is 252 g/mol. The molecule has 3 rings (SSSR count). The van der Waals surface area contributed by atoms with Crippen molar-refractivity contribution in [1.82, 2.24) is 14.9 Å². The molecule has 1 aromatic rings. The maximum Gasteiger partial charge on any atom is 0.132 e. The number of rotatable bonds is 3. The van der Waals surface area contributed by atoms with Crippen LogP contribution in [-0.2, 0) is 11.2 Å². The normalized spacial score (nSPS) is 22.1. The standard InChI is InChI=1S/C15H24N4O/c1-2-13-11-15(17-12-16-13)19-7-5-18(6-8-19)14-3-9-20-10-4-14/h11-12,14H,2-10H2,1H3. The third kappa shape index (κ3) is 3.10. The molecule has 0 spiro atoms. The zero-order valence-corrected chi connectivity index (χ0v) is 12.3. The van der Waals surface area contributed by atoms with Crippen LogP contribution in [0, 0.1) is 0 Å². The lowest BCUT2D eigenvalue weighted by Gasteiger charge is -2.41. The minimum atomic E-state index is 0.725. The largest absolute Gasteiger partial charge is 0.381 e. The van der Waals surface area contributed by atoms with Crippen molar-refractivity contribution in [3.05, 3.63) is 18.1 Å². The van der Waals surface area contributed by atoms with Gasteiger partial charge in [-0.1, -0.05) is 6.92 Å². The van der Waals surface area contributed by atoms with Crippen molar-refractivity contribution < 1.29 is 4.74 Å². The molecule has 0 unspecified atom stereocenters. The highest BCUT2D eigenvalue weighted by molar-refractivity contribution is 5.39. The number of hydrogen-bond donors (Lipinski definition) is 0. The molecule has 5 nitrogen and oxygen atoms in total. The van der Waals surface area contributed by atoms with E-state index in [-0.39, 0.29) is 0 Å². The molecule has 0 bridgehead atoms. The molecule has 2 saturated heterocycles. The molecule has 0 saturated carbocycles. The van der Waals surface area contributed by atoms with Gasteiger partial charge in [-0.2, -0.15) is 0 Å². The van der Waals surface area contributed by atoms with Gasteiger partial charge in [-0.25, -0.2) is 9.97 Å². The van der Waals surface area contributed by atoms with E-state index in [0.29, 0.717) is 0 Å². The minimum Gasteiger partial charge on any atom is -0.381 e. The Morgan fingerprint density at radius 1 is 1.15 bits per heavy atom. The molecule has 1 aromatic heterocycles. The van der Waals surface area contributed by atoms with Gasteiger partial charge in [0.15, 0.2) is 0 Å². The van der Waals surface area contributed by atoms with E-state index >= 15 is 0 Å². The lowest BCUT2D eigenvalue weighted by Crippen LogP contribution is -2.51. The third-order valence-corrected chi connectivity index (χ3v) is 4.42. The number of piperazine rings is 1. The second-order valence-corrected chi connectivity index (χ2v) is 5.59. The van der Waals surface area contributed by atoms with Crippen molar-refractivity contribution in [2.24, 2.45) is 0 Å². The van der Waals surface area contributed by atoms with Crippen LogP contribution in [0.15, 0.2) is 12.4 Å². The van der Waals surface area contributed by atoms with Gasteiger partial charge in [0.25, 0.3) is 0 Å². The summed E-state index contributed by atoms with van der Waals surface area (Å²) in [4.78, 5) is 13.7. The topological polar surface area (TPSA) is 41.5 Å². The van der Waals surface area contributed by atoms with Gasteiger partial charge in [0, 0.05) is 57.2 Å². The average Bonchev–Trinajstić information content (AvgIpc) is 2.56. The number of hydrogen-bond acceptors (Lipinski definition) is 5. The summed E-state index contributed by atoms with van der Waals surface area (Å²) < 4.78 is 5.45. The van der Waals surface area contributed by atoms with Gasteiger partial charge in [-0.15, -0.1) is 0 Å². The van der Waals surface area contributed by atoms with Crippen molar-refractivity contribution in [3.8, 4) is 0 Å². The monoisotopic (exact) mass is 276 g/mol. The Hall–Kier alpha value is -1.20. The molecule has 0 aliphatic carbocycles.